The first-order valence-corrected chi connectivity index (χ1v) is 16.9. The summed E-state index contributed by atoms with van der Waals surface area (Å²) in [5.41, 5.74) is 0.510. The summed E-state index contributed by atoms with van der Waals surface area (Å²) in [6.07, 6.45) is 11.2. The van der Waals surface area contributed by atoms with Gasteiger partial charge in [0.15, 0.2) is 0 Å². The topological polar surface area (TPSA) is 99.3 Å². The standard InChI is InChI=1S/C34H58N4O5/c1-22(2)29(21-25(7)32(40)38-20-14-18-28(38)34(42)43-26-15-10-9-11-16-26)36(8)33(41)30(23(3)4)35-31(39)27-17-12-13-19-37(27)24(5)6/h21-24,26-30H,9-20H2,1-8H3,(H,35,39)/b25-21+/t27?,28-,29+,30?/m0/s1. The summed E-state index contributed by atoms with van der Waals surface area (Å²) in [5, 5.41) is 3.10. The SMILES string of the molecule is C/C(=C\[C@H](C(C)C)N(C)C(=O)C(NC(=O)C1CCCCN1C(C)C)C(C)C)C(=O)N1CCC[C@H]1C(=O)OC1CCCCC1. The predicted octanol–water partition coefficient (Wildman–Crippen LogP) is 4.69. The van der Waals surface area contributed by atoms with E-state index in [4.69, 9.17) is 4.74 Å². The summed E-state index contributed by atoms with van der Waals surface area (Å²) in [6, 6.07) is -1.55. The Morgan fingerprint density at radius 2 is 1.44 bits per heavy atom. The summed E-state index contributed by atoms with van der Waals surface area (Å²) < 4.78 is 5.83. The van der Waals surface area contributed by atoms with Crippen LogP contribution >= 0.6 is 0 Å². The molecule has 2 aliphatic heterocycles. The molecular formula is C34H58N4O5. The average molecular weight is 603 g/mol. The minimum atomic E-state index is -0.670. The van der Waals surface area contributed by atoms with Crippen LogP contribution in [-0.2, 0) is 23.9 Å². The molecule has 3 aliphatic rings. The van der Waals surface area contributed by atoms with Gasteiger partial charge in [0.1, 0.15) is 18.2 Å². The highest BCUT2D eigenvalue weighted by atomic mass is 16.5. The number of piperidine rings is 1. The molecule has 9 nitrogen and oxygen atoms in total. The van der Waals surface area contributed by atoms with Gasteiger partial charge in [0.2, 0.25) is 17.7 Å². The highest BCUT2D eigenvalue weighted by Crippen LogP contribution is 2.26. The minimum absolute atomic E-state index is 0.0284. The second-order valence-corrected chi connectivity index (χ2v) is 14.0. The fourth-order valence-corrected chi connectivity index (χ4v) is 6.97. The van der Waals surface area contributed by atoms with Crippen LogP contribution < -0.4 is 5.32 Å². The predicted molar refractivity (Wildman–Crippen MR) is 169 cm³/mol. The van der Waals surface area contributed by atoms with Crippen LogP contribution in [0.1, 0.15) is 113 Å². The fraction of sp³-hybridized carbons (Fsp3) is 0.824. The number of hydrogen-bond acceptors (Lipinski definition) is 6. The van der Waals surface area contributed by atoms with E-state index >= 15 is 0 Å². The Morgan fingerprint density at radius 3 is 2.05 bits per heavy atom. The monoisotopic (exact) mass is 602 g/mol. The van der Waals surface area contributed by atoms with Gasteiger partial charge in [-0.2, -0.15) is 0 Å². The van der Waals surface area contributed by atoms with Crippen molar-refractivity contribution in [2.24, 2.45) is 11.8 Å². The lowest BCUT2D eigenvalue weighted by Gasteiger charge is -2.39. The van der Waals surface area contributed by atoms with Gasteiger partial charge in [-0.3, -0.25) is 19.3 Å². The van der Waals surface area contributed by atoms with Crippen LogP contribution in [0.15, 0.2) is 11.6 Å². The number of nitrogens with zero attached hydrogens (tertiary/aromatic N) is 3. The molecule has 9 heteroatoms. The molecule has 3 rings (SSSR count). The van der Waals surface area contributed by atoms with Crippen molar-refractivity contribution in [3.05, 3.63) is 11.6 Å². The first-order chi connectivity index (χ1) is 20.3. The Morgan fingerprint density at radius 1 is 0.814 bits per heavy atom. The van der Waals surface area contributed by atoms with E-state index in [1.54, 1.807) is 23.8 Å². The molecule has 0 radical (unpaired) electrons. The van der Waals surface area contributed by atoms with Crippen molar-refractivity contribution in [1.82, 2.24) is 20.0 Å². The molecule has 1 N–H and O–H groups in total. The Hall–Kier alpha value is -2.42. The number of nitrogens with one attached hydrogen (secondary N) is 1. The van der Waals surface area contributed by atoms with Gasteiger partial charge in [-0.25, -0.2) is 4.79 Å². The van der Waals surface area contributed by atoms with Gasteiger partial charge in [0, 0.05) is 25.2 Å². The van der Waals surface area contributed by atoms with Crippen LogP contribution in [0.25, 0.3) is 0 Å². The molecule has 1 saturated carbocycles. The van der Waals surface area contributed by atoms with Gasteiger partial charge < -0.3 is 19.9 Å². The molecule has 3 fully saturated rings. The van der Waals surface area contributed by atoms with Crippen LogP contribution in [0.5, 0.6) is 0 Å². The van der Waals surface area contributed by atoms with E-state index in [0.717, 1.165) is 57.9 Å². The summed E-state index contributed by atoms with van der Waals surface area (Å²) in [5.74, 6) is -0.801. The molecule has 244 valence electrons. The van der Waals surface area contributed by atoms with Gasteiger partial charge in [-0.15, -0.1) is 0 Å². The molecule has 4 atom stereocenters. The molecular weight excluding hydrogens is 544 g/mol. The lowest BCUT2D eigenvalue weighted by molar-refractivity contribution is -0.158. The van der Waals surface area contributed by atoms with Gasteiger partial charge in [-0.05, 0) is 90.5 Å². The maximum atomic E-state index is 13.9. The van der Waals surface area contributed by atoms with Crippen molar-refractivity contribution in [1.29, 1.82) is 0 Å². The van der Waals surface area contributed by atoms with Crippen LogP contribution in [0.2, 0.25) is 0 Å². The first-order valence-electron chi connectivity index (χ1n) is 16.9. The largest absolute Gasteiger partial charge is 0.461 e. The van der Waals surface area contributed by atoms with Crippen molar-refractivity contribution < 1.29 is 23.9 Å². The molecule has 0 aromatic carbocycles. The van der Waals surface area contributed by atoms with E-state index in [-0.39, 0.29) is 59.8 Å². The second kappa shape index (κ2) is 16.1. The van der Waals surface area contributed by atoms with E-state index in [1.165, 1.54) is 6.42 Å². The Kier molecular flexibility index (Phi) is 13.1. The molecule has 2 saturated heterocycles. The summed E-state index contributed by atoms with van der Waals surface area (Å²) >= 11 is 0. The zero-order chi connectivity index (χ0) is 31.8. The molecule has 3 amide bonds. The number of likely N-dealkylation sites (tertiary alicyclic amines) is 2. The number of amides is 3. The number of likely N-dealkylation sites (N-methyl/N-ethyl adjacent to an activating group) is 1. The number of carbonyl (C=O) groups excluding carboxylic acids is 4. The van der Waals surface area contributed by atoms with Gasteiger partial charge in [-0.1, -0.05) is 46.6 Å². The van der Waals surface area contributed by atoms with E-state index in [2.05, 4.69) is 24.1 Å². The van der Waals surface area contributed by atoms with E-state index < -0.39 is 12.1 Å². The zero-order valence-corrected chi connectivity index (χ0v) is 28.1. The van der Waals surface area contributed by atoms with Crippen molar-refractivity contribution in [2.75, 3.05) is 20.1 Å². The molecule has 0 aromatic heterocycles. The Balaban J connectivity index is 1.71. The highest BCUT2D eigenvalue weighted by molar-refractivity contribution is 5.96. The minimum Gasteiger partial charge on any atom is -0.461 e. The van der Waals surface area contributed by atoms with Gasteiger partial charge in [0.05, 0.1) is 12.1 Å². The molecule has 1 aliphatic carbocycles. The number of hydrogen-bond donors (Lipinski definition) is 1. The number of rotatable bonds is 11. The third-order valence-electron chi connectivity index (χ3n) is 9.60. The summed E-state index contributed by atoms with van der Waals surface area (Å²) in [4.78, 5) is 59.6. The Labute approximate surface area is 260 Å². The molecule has 0 spiro atoms. The summed E-state index contributed by atoms with van der Waals surface area (Å²) in [6.45, 7) is 15.3. The normalized spacial score (nSPS) is 23.9. The second-order valence-electron chi connectivity index (χ2n) is 14.0. The van der Waals surface area contributed by atoms with Crippen molar-refractivity contribution in [3.63, 3.8) is 0 Å². The number of carbonyl (C=O) groups is 4. The fourth-order valence-electron chi connectivity index (χ4n) is 6.97. The highest BCUT2D eigenvalue weighted by Gasteiger charge is 2.39. The van der Waals surface area contributed by atoms with Crippen molar-refractivity contribution in [2.45, 2.75) is 149 Å². The van der Waals surface area contributed by atoms with Crippen LogP contribution in [0.3, 0.4) is 0 Å². The number of ether oxygens (including phenoxy) is 1. The third kappa shape index (κ3) is 9.05. The maximum absolute atomic E-state index is 13.9. The molecule has 43 heavy (non-hydrogen) atoms. The van der Waals surface area contributed by atoms with E-state index in [9.17, 15) is 19.2 Å². The van der Waals surface area contributed by atoms with E-state index in [0.29, 0.717) is 18.5 Å². The third-order valence-corrected chi connectivity index (χ3v) is 9.60. The average Bonchev–Trinajstić information content (AvgIpc) is 3.47. The lowest BCUT2D eigenvalue weighted by Crippen LogP contribution is -2.58. The van der Waals surface area contributed by atoms with Gasteiger partial charge in [0.25, 0.3) is 0 Å². The molecule has 0 bridgehead atoms. The van der Waals surface area contributed by atoms with Crippen molar-refractivity contribution in [3.8, 4) is 0 Å². The van der Waals surface area contributed by atoms with E-state index in [1.807, 2.05) is 33.8 Å². The van der Waals surface area contributed by atoms with Crippen LogP contribution in [0, 0.1) is 11.8 Å². The van der Waals surface area contributed by atoms with Gasteiger partial charge >= 0.3 is 5.97 Å². The van der Waals surface area contributed by atoms with Crippen LogP contribution in [0.4, 0.5) is 0 Å². The summed E-state index contributed by atoms with van der Waals surface area (Å²) in [7, 11) is 1.75. The smallest absolute Gasteiger partial charge is 0.329 e. The zero-order valence-electron chi connectivity index (χ0n) is 28.1. The molecule has 2 heterocycles. The number of esters is 1. The first kappa shape index (κ1) is 35.1. The van der Waals surface area contributed by atoms with Crippen LogP contribution in [-0.4, -0.2) is 94.8 Å². The Bertz CT molecular complexity index is 1000. The molecule has 2 unspecified atom stereocenters. The lowest BCUT2D eigenvalue weighted by atomic mass is 9.95. The quantitative estimate of drug-likeness (QED) is 0.272. The maximum Gasteiger partial charge on any atom is 0.329 e. The van der Waals surface area contributed by atoms with Crippen molar-refractivity contribution >= 4 is 23.7 Å². The molecule has 0 aromatic rings.